The molecule has 1 fully saturated rings. The van der Waals surface area contributed by atoms with E-state index >= 15 is 0 Å². The fourth-order valence-corrected chi connectivity index (χ4v) is 2.32. The van der Waals surface area contributed by atoms with Gasteiger partial charge in [0.15, 0.2) is 0 Å². The van der Waals surface area contributed by atoms with E-state index in [9.17, 15) is 4.79 Å². The van der Waals surface area contributed by atoms with Gasteiger partial charge in [-0.05, 0) is 12.5 Å². The lowest BCUT2D eigenvalue weighted by molar-refractivity contribution is -0.148. The Bertz CT molecular complexity index is 323. The first-order valence-corrected chi connectivity index (χ1v) is 5.69. The molecule has 1 aromatic carbocycles. The summed E-state index contributed by atoms with van der Waals surface area (Å²) in [6.45, 7) is 1.88. The largest absolute Gasteiger partial charge is 0.456 e. The molecule has 74 valence electrons. The highest BCUT2D eigenvalue weighted by atomic mass is 32.2. The Morgan fingerprint density at radius 2 is 2.07 bits per heavy atom. The van der Waals surface area contributed by atoms with Gasteiger partial charge in [0.2, 0.25) is 0 Å². The van der Waals surface area contributed by atoms with Crippen LogP contribution in [0.1, 0.15) is 18.6 Å². The highest BCUT2D eigenvalue weighted by molar-refractivity contribution is 8.00. The van der Waals surface area contributed by atoms with Gasteiger partial charge in [0.05, 0.1) is 5.25 Å². The van der Waals surface area contributed by atoms with Gasteiger partial charge in [0, 0.05) is 5.75 Å². The van der Waals surface area contributed by atoms with Crippen molar-refractivity contribution < 1.29 is 9.53 Å². The number of cyclic esters (lactones) is 1. The van der Waals surface area contributed by atoms with Crippen LogP contribution in [-0.4, -0.2) is 17.0 Å². The van der Waals surface area contributed by atoms with Crippen molar-refractivity contribution in [2.75, 3.05) is 5.75 Å². The SMILES string of the molecule is CC1SCC(c2ccccc2)OC1=O. The number of thioether (sulfide) groups is 1. The molecular formula is C11H12O2S. The Kier molecular flexibility index (Phi) is 2.77. The molecule has 2 unspecified atom stereocenters. The molecule has 1 aliphatic heterocycles. The fraction of sp³-hybridized carbons (Fsp3) is 0.364. The Morgan fingerprint density at radius 3 is 2.71 bits per heavy atom. The molecule has 1 aromatic rings. The number of rotatable bonds is 1. The van der Waals surface area contributed by atoms with E-state index in [-0.39, 0.29) is 17.3 Å². The van der Waals surface area contributed by atoms with Gasteiger partial charge in [0.25, 0.3) is 0 Å². The molecular weight excluding hydrogens is 196 g/mol. The van der Waals surface area contributed by atoms with Gasteiger partial charge >= 0.3 is 5.97 Å². The van der Waals surface area contributed by atoms with Gasteiger partial charge in [-0.15, -0.1) is 11.8 Å². The first kappa shape index (κ1) is 9.59. The third kappa shape index (κ3) is 1.93. The lowest BCUT2D eigenvalue weighted by Gasteiger charge is -2.25. The van der Waals surface area contributed by atoms with E-state index < -0.39 is 0 Å². The number of ether oxygens (including phenoxy) is 1. The third-order valence-corrected chi connectivity index (χ3v) is 3.45. The molecule has 1 aliphatic rings. The van der Waals surface area contributed by atoms with Crippen LogP contribution in [0.3, 0.4) is 0 Å². The summed E-state index contributed by atoms with van der Waals surface area (Å²) in [7, 11) is 0. The molecule has 1 saturated heterocycles. The van der Waals surface area contributed by atoms with Gasteiger partial charge in [-0.3, -0.25) is 4.79 Å². The number of hydrogen-bond donors (Lipinski definition) is 0. The molecule has 3 heteroatoms. The maximum Gasteiger partial charge on any atom is 0.319 e. The summed E-state index contributed by atoms with van der Waals surface area (Å²) in [6.07, 6.45) is -0.0649. The predicted octanol–water partition coefficient (Wildman–Crippen LogP) is 2.41. The quantitative estimate of drug-likeness (QED) is 0.663. The monoisotopic (exact) mass is 208 g/mol. The maximum absolute atomic E-state index is 11.3. The van der Waals surface area contributed by atoms with Crippen molar-refractivity contribution >= 4 is 17.7 Å². The molecule has 0 amide bonds. The van der Waals surface area contributed by atoms with Crippen LogP contribution in [0.5, 0.6) is 0 Å². The first-order valence-electron chi connectivity index (χ1n) is 4.64. The van der Waals surface area contributed by atoms with Crippen molar-refractivity contribution in [1.82, 2.24) is 0 Å². The molecule has 0 aromatic heterocycles. The van der Waals surface area contributed by atoms with Gasteiger partial charge in [-0.25, -0.2) is 0 Å². The van der Waals surface area contributed by atoms with E-state index in [0.717, 1.165) is 11.3 Å². The smallest absolute Gasteiger partial charge is 0.319 e. The van der Waals surface area contributed by atoms with Crippen LogP contribution in [0.4, 0.5) is 0 Å². The van der Waals surface area contributed by atoms with E-state index in [4.69, 9.17) is 4.74 Å². The lowest BCUT2D eigenvalue weighted by atomic mass is 10.1. The highest BCUT2D eigenvalue weighted by Gasteiger charge is 2.27. The summed E-state index contributed by atoms with van der Waals surface area (Å²) in [5.41, 5.74) is 1.08. The molecule has 0 bridgehead atoms. The molecule has 1 heterocycles. The van der Waals surface area contributed by atoms with Gasteiger partial charge in [-0.1, -0.05) is 30.3 Å². The first-order chi connectivity index (χ1) is 6.77. The highest BCUT2D eigenvalue weighted by Crippen LogP contribution is 2.30. The number of carbonyl (C=O) groups is 1. The summed E-state index contributed by atoms with van der Waals surface area (Å²) in [5, 5.41) is -0.0186. The summed E-state index contributed by atoms with van der Waals surface area (Å²) < 4.78 is 5.32. The minimum atomic E-state index is -0.102. The van der Waals surface area contributed by atoms with Gasteiger partial charge < -0.3 is 4.74 Å². The molecule has 0 spiro atoms. The summed E-state index contributed by atoms with van der Waals surface area (Å²) >= 11 is 1.65. The molecule has 2 atom stereocenters. The number of benzene rings is 1. The molecule has 0 N–H and O–H groups in total. The average molecular weight is 208 g/mol. The van der Waals surface area contributed by atoms with Crippen molar-refractivity contribution in [3.8, 4) is 0 Å². The van der Waals surface area contributed by atoms with Crippen molar-refractivity contribution in [1.29, 1.82) is 0 Å². The second kappa shape index (κ2) is 4.05. The normalized spacial score (nSPS) is 27.1. The van der Waals surface area contributed by atoms with Crippen molar-refractivity contribution in [3.05, 3.63) is 35.9 Å². The van der Waals surface area contributed by atoms with Gasteiger partial charge in [0.1, 0.15) is 6.10 Å². The second-order valence-electron chi connectivity index (χ2n) is 3.31. The van der Waals surface area contributed by atoms with E-state index in [1.807, 2.05) is 37.3 Å². The van der Waals surface area contributed by atoms with E-state index in [1.165, 1.54) is 0 Å². The number of esters is 1. The van der Waals surface area contributed by atoms with E-state index in [0.29, 0.717) is 0 Å². The second-order valence-corrected chi connectivity index (χ2v) is 4.69. The van der Waals surface area contributed by atoms with Crippen LogP contribution in [0, 0.1) is 0 Å². The predicted molar refractivity (Wildman–Crippen MR) is 57.2 cm³/mol. The molecule has 0 aliphatic carbocycles. The molecule has 0 radical (unpaired) electrons. The van der Waals surface area contributed by atoms with Crippen LogP contribution in [0.2, 0.25) is 0 Å². The Balaban J connectivity index is 2.11. The minimum Gasteiger partial charge on any atom is -0.456 e. The van der Waals surface area contributed by atoms with Crippen molar-refractivity contribution in [2.24, 2.45) is 0 Å². The number of hydrogen-bond acceptors (Lipinski definition) is 3. The van der Waals surface area contributed by atoms with E-state index in [2.05, 4.69) is 0 Å². The van der Waals surface area contributed by atoms with E-state index in [1.54, 1.807) is 11.8 Å². The Morgan fingerprint density at radius 1 is 1.36 bits per heavy atom. The zero-order chi connectivity index (χ0) is 9.97. The minimum absolute atomic E-state index is 0.0186. The standard InChI is InChI=1S/C11H12O2S/c1-8-11(12)13-10(7-14-8)9-5-3-2-4-6-9/h2-6,8,10H,7H2,1H3. The van der Waals surface area contributed by atoms with Crippen LogP contribution in [0.25, 0.3) is 0 Å². The molecule has 2 rings (SSSR count). The zero-order valence-corrected chi connectivity index (χ0v) is 8.79. The van der Waals surface area contributed by atoms with Crippen molar-refractivity contribution in [2.45, 2.75) is 18.3 Å². The van der Waals surface area contributed by atoms with Crippen LogP contribution in [-0.2, 0) is 9.53 Å². The summed E-state index contributed by atoms with van der Waals surface area (Å²) in [6, 6.07) is 9.88. The third-order valence-electron chi connectivity index (χ3n) is 2.26. The number of carbonyl (C=O) groups excluding carboxylic acids is 1. The Hall–Kier alpha value is -0.960. The Labute approximate surface area is 87.6 Å². The maximum atomic E-state index is 11.3. The molecule has 0 saturated carbocycles. The zero-order valence-electron chi connectivity index (χ0n) is 7.97. The van der Waals surface area contributed by atoms with Gasteiger partial charge in [-0.2, -0.15) is 0 Å². The average Bonchev–Trinajstić information content (AvgIpc) is 2.23. The summed E-state index contributed by atoms with van der Waals surface area (Å²) in [4.78, 5) is 11.3. The fourth-order valence-electron chi connectivity index (χ4n) is 1.40. The molecule has 14 heavy (non-hydrogen) atoms. The van der Waals surface area contributed by atoms with Crippen LogP contribution < -0.4 is 0 Å². The molecule has 2 nitrogen and oxygen atoms in total. The lowest BCUT2D eigenvalue weighted by Crippen LogP contribution is -2.27. The van der Waals surface area contributed by atoms with Crippen LogP contribution in [0.15, 0.2) is 30.3 Å². The van der Waals surface area contributed by atoms with Crippen LogP contribution >= 0.6 is 11.8 Å². The van der Waals surface area contributed by atoms with Crippen molar-refractivity contribution in [3.63, 3.8) is 0 Å². The summed E-state index contributed by atoms with van der Waals surface area (Å²) in [5.74, 6) is 0.756. The topological polar surface area (TPSA) is 26.3 Å².